The van der Waals surface area contributed by atoms with E-state index in [1.54, 1.807) is 16.7 Å². The summed E-state index contributed by atoms with van der Waals surface area (Å²) in [5.41, 5.74) is 0.456. The maximum atomic E-state index is 12.8. The van der Waals surface area contributed by atoms with E-state index in [2.05, 4.69) is 21.8 Å². The van der Waals surface area contributed by atoms with Crippen molar-refractivity contribution in [1.82, 2.24) is 19.8 Å². The summed E-state index contributed by atoms with van der Waals surface area (Å²) >= 11 is 0. The molecule has 0 N–H and O–H groups in total. The second-order valence-electron chi connectivity index (χ2n) is 7.15. The fourth-order valence-corrected chi connectivity index (χ4v) is 3.61. The fourth-order valence-electron chi connectivity index (χ4n) is 3.61. The highest BCUT2D eigenvalue weighted by Crippen LogP contribution is 2.22. The molecule has 0 radical (unpaired) electrons. The number of anilines is 1. The van der Waals surface area contributed by atoms with Gasteiger partial charge >= 0.3 is 0 Å². The molecule has 2 aliphatic rings. The zero-order chi connectivity index (χ0) is 18.0. The van der Waals surface area contributed by atoms with Gasteiger partial charge < -0.3 is 14.7 Å². The van der Waals surface area contributed by atoms with Gasteiger partial charge in [-0.2, -0.15) is 0 Å². The predicted molar refractivity (Wildman–Crippen MR) is 95.5 cm³/mol. The van der Waals surface area contributed by atoms with Crippen molar-refractivity contribution in [3.63, 3.8) is 0 Å². The summed E-state index contributed by atoms with van der Waals surface area (Å²) < 4.78 is 0. The largest absolute Gasteiger partial charge is 0.356 e. The molecule has 2 saturated heterocycles. The van der Waals surface area contributed by atoms with Crippen LogP contribution in [0.15, 0.2) is 6.07 Å². The number of amides is 2. The molecule has 1 aromatic heterocycles. The van der Waals surface area contributed by atoms with Crippen LogP contribution in [0.5, 0.6) is 0 Å². The van der Waals surface area contributed by atoms with E-state index >= 15 is 0 Å². The Kier molecular flexibility index (Phi) is 5.20. The van der Waals surface area contributed by atoms with Crippen LogP contribution in [0.25, 0.3) is 0 Å². The van der Waals surface area contributed by atoms with Gasteiger partial charge in [0.25, 0.3) is 5.91 Å². The van der Waals surface area contributed by atoms with Crippen LogP contribution in [0.2, 0.25) is 0 Å². The summed E-state index contributed by atoms with van der Waals surface area (Å²) in [5, 5.41) is 0. The lowest BCUT2D eigenvalue weighted by Crippen LogP contribution is -2.50. The Morgan fingerprint density at radius 3 is 2.40 bits per heavy atom. The molecule has 2 amide bonds. The number of piperazine rings is 1. The lowest BCUT2D eigenvalue weighted by atomic mass is 10.0. The van der Waals surface area contributed by atoms with Crippen molar-refractivity contribution >= 4 is 17.6 Å². The molecule has 136 valence electrons. The smallest absolute Gasteiger partial charge is 0.272 e. The molecule has 1 aromatic rings. The quantitative estimate of drug-likeness (QED) is 0.809. The molecule has 7 heteroatoms. The van der Waals surface area contributed by atoms with Gasteiger partial charge in [0, 0.05) is 52.3 Å². The van der Waals surface area contributed by atoms with Crippen LogP contribution >= 0.6 is 0 Å². The maximum Gasteiger partial charge on any atom is 0.272 e. The van der Waals surface area contributed by atoms with Gasteiger partial charge in [0.2, 0.25) is 5.91 Å². The Bertz CT molecular complexity index is 655. The zero-order valence-corrected chi connectivity index (χ0v) is 15.4. The minimum Gasteiger partial charge on any atom is -0.356 e. The second-order valence-corrected chi connectivity index (χ2v) is 7.15. The first kappa shape index (κ1) is 17.6. The number of aromatic nitrogens is 2. The number of piperidine rings is 1. The number of carbonyl (C=O) groups excluding carboxylic acids is 2. The molecule has 7 nitrogen and oxygen atoms in total. The number of hydrogen-bond donors (Lipinski definition) is 0. The van der Waals surface area contributed by atoms with Gasteiger partial charge in [-0.3, -0.25) is 9.59 Å². The van der Waals surface area contributed by atoms with Gasteiger partial charge in [0.1, 0.15) is 17.3 Å². The Labute approximate surface area is 149 Å². The summed E-state index contributed by atoms with van der Waals surface area (Å²) in [7, 11) is 0. The van der Waals surface area contributed by atoms with Crippen LogP contribution in [-0.2, 0) is 4.79 Å². The molecular formula is C18H27N5O2. The molecule has 0 saturated carbocycles. The van der Waals surface area contributed by atoms with Crippen molar-refractivity contribution in [1.29, 1.82) is 0 Å². The molecule has 3 rings (SSSR count). The van der Waals surface area contributed by atoms with Crippen molar-refractivity contribution in [3.8, 4) is 0 Å². The molecule has 2 fully saturated rings. The Morgan fingerprint density at radius 2 is 1.76 bits per heavy atom. The first-order valence-corrected chi connectivity index (χ1v) is 9.09. The van der Waals surface area contributed by atoms with Gasteiger partial charge in [0.05, 0.1) is 0 Å². The second kappa shape index (κ2) is 7.37. The van der Waals surface area contributed by atoms with Gasteiger partial charge in [0.15, 0.2) is 0 Å². The van der Waals surface area contributed by atoms with Crippen LogP contribution in [0.3, 0.4) is 0 Å². The van der Waals surface area contributed by atoms with Crippen LogP contribution in [0, 0.1) is 12.8 Å². The fraction of sp³-hybridized carbons (Fsp3) is 0.667. The van der Waals surface area contributed by atoms with Crippen LogP contribution in [0.1, 0.15) is 43.0 Å². The zero-order valence-electron chi connectivity index (χ0n) is 15.4. The van der Waals surface area contributed by atoms with Crippen molar-refractivity contribution < 1.29 is 9.59 Å². The normalized spacial score (nSPS) is 21.4. The van der Waals surface area contributed by atoms with Crippen molar-refractivity contribution in [2.24, 2.45) is 5.92 Å². The van der Waals surface area contributed by atoms with Gasteiger partial charge in [-0.1, -0.05) is 6.92 Å². The summed E-state index contributed by atoms with van der Waals surface area (Å²) in [6.07, 6.45) is 2.40. The topological polar surface area (TPSA) is 69.6 Å². The molecule has 0 aliphatic carbocycles. The predicted octanol–water partition coefficient (Wildman–Crippen LogP) is 1.33. The van der Waals surface area contributed by atoms with E-state index in [4.69, 9.17) is 0 Å². The van der Waals surface area contributed by atoms with Crippen LogP contribution < -0.4 is 4.90 Å². The highest BCUT2D eigenvalue weighted by Gasteiger charge is 2.26. The molecule has 1 unspecified atom stereocenters. The molecule has 0 aromatic carbocycles. The molecule has 0 bridgehead atoms. The Balaban J connectivity index is 1.73. The van der Waals surface area contributed by atoms with Gasteiger partial charge in [-0.05, 0) is 25.7 Å². The summed E-state index contributed by atoms with van der Waals surface area (Å²) in [6.45, 7) is 9.88. The first-order chi connectivity index (χ1) is 11.9. The Hall–Kier alpha value is -2.18. The van der Waals surface area contributed by atoms with Crippen molar-refractivity contribution in [2.45, 2.75) is 33.6 Å². The Morgan fingerprint density at radius 1 is 1.08 bits per heavy atom. The summed E-state index contributed by atoms with van der Waals surface area (Å²) in [4.78, 5) is 39.0. The summed E-state index contributed by atoms with van der Waals surface area (Å²) in [5.74, 6) is 2.11. The minimum atomic E-state index is -0.0694. The highest BCUT2D eigenvalue weighted by atomic mass is 16.2. The van der Waals surface area contributed by atoms with E-state index in [0.717, 1.165) is 25.3 Å². The summed E-state index contributed by atoms with van der Waals surface area (Å²) in [6, 6.07) is 1.82. The number of aryl methyl sites for hydroxylation is 1. The maximum absolute atomic E-state index is 12.8. The van der Waals surface area contributed by atoms with Crippen LogP contribution in [-0.4, -0.2) is 70.9 Å². The van der Waals surface area contributed by atoms with E-state index < -0.39 is 0 Å². The number of rotatable bonds is 2. The lowest BCUT2D eigenvalue weighted by molar-refractivity contribution is -0.130. The third-order valence-corrected chi connectivity index (χ3v) is 5.04. The van der Waals surface area contributed by atoms with Gasteiger partial charge in [-0.15, -0.1) is 0 Å². The number of carbonyl (C=O) groups is 2. The molecule has 25 heavy (non-hydrogen) atoms. The van der Waals surface area contributed by atoms with E-state index in [1.165, 1.54) is 6.42 Å². The van der Waals surface area contributed by atoms with Gasteiger partial charge in [-0.25, -0.2) is 9.97 Å². The number of hydrogen-bond acceptors (Lipinski definition) is 5. The van der Waals surface area contributed by atoms with E-state index in [-0.39, 0.29) is 11.8 Å². The SMILES string of the molecule is CC(=O)N1CCN(C(=O)c2cc(N3CCCC(C)C3)nc(C)n2)CC1. The first-order valence-electron chi connectivity index (χ1n) is 9.09. The lowest BCUT2D eigenvalue weighted by Gasteiger charge is -2.34. The number of nitrogens with zero attached hydrogens (tertiary/aromatic N) is 5. The molecule has 1 atom stereocenters. The highest BCUT2D eigenvalue weighted by molar-refractivity contribution is 5.93. The third-order valence-electron chi connectivity index (χ3n) is 5.04. The molecule has 0 spiro atoms. The monoisotopic (exact) mass is 345 g/mol. The van der Waals surface area contributed by atoms with Crippen molar-refractivity contribution in [3.05, 3.63) is 17.6 Å². The van der Waals surface area contributed by atoms with Crippen LogP contribution in [0.4, 0.5) is 5.82 Å². The standard InChI is InChI=1S/C18H27N5O2/c1-13-5-4-6-23(12-13)17-11-16(19-14(2)20-17)18(25)22-9-7-21(8-10-22)15(3)24/h11,13H,4-10,12H2,1-3H3. The average molecular weight is 345 g/mol. The average Bonchev–Trinajstić information content (AvgIpc) is 2.60. The molecule has 3 heterocycles. The van der Waals surface area contributed by atoms with E-state index in [1.807, 2.05) is 13.0 Å². The van der Waals surface area contributed by atoms with E-state index in [0.29, 0.717) is 43.6 Å². The van der Waals surface area contributed by atoms with Crippen molar-refractivity contribution in [2.75, 3.05) is 44.2 Å². The van der Waals surface area contributed by atoms with E-state index in [9.17, 15) is 9.59 Å². The minimum absolute atomic E-state index is 0.0616. The molecule has 2 aliphatic heterocycles. The third kappa shape index (κ3) is 4.08. The molecular weight excluding hydrogens is 318 g/mol.